The van der Waals surface area contributed by atoms with Crippen LogP contribution in [0.2, 0.25) is 0 Å². The predicted molar refractivity (Wildman–Crippen MR) is 101 cm³/mol. The summed E-state index contributed by atoms with van der Waals surface area (Å²) in [7, 11) is -3.61. The highest BCUT2D eigenvalue weighted by atomic mass is 32.2. The number of hydrogen-bond acceptors (Lipinski definition) is 3. The summed E-state index contributed by atoms with van der Waals surface area (Å²) in [5.74, 6) is 0. The fraction of sp³-hybridized carbons (Fsp3) is 0.400. The second-order valence-corrected chi connectivity index (χ2v) is 8.65. The van der Waals surface area contributed by atoms with Gasteiger partial charge in [-0.25, -0.2) is 8.42 Å². The van der Waals surface area contributed by atoms with Crippen LogP contribution in [0.3, 0.4) is 0 Å². The molecule has 1 fully saturated rings. The Morgan fingerprint density at radius 3 is 2.16 bits per heavy atom. The third kappa shape index (κ3) is 4.22. The number of para-hydroxylation sites is 1. The van der Waals surface area contributed by atoms with Crippen molar-refractivity contribution in [2.45, 2.75) is 43.5 Å². The van der Waals surface area contributed by atoms with E-state index < -0.39 is 21.4 Å². The minimum Gasteiger partial charge on any atom is -0.392 e. The van der Waals surface area contributed by atoms with Crippen LogP contribution in [0.25, 0.3) is 0 Å². The van der Waals surface area contributed by atoms with E-state index in [1.165, 1.54) is 4.31 Å². The molecule has 5 heteroatoms. The molecule has 3 rings (SSSR count). The zero-order valence-corrected chi connectivity index (χ0v) is 15.1. The first-order valence-electron chi connectivity index (χ1n) is 8.87. The van der Waals surface area contributed by atoms with Crippen molar-refractivity contribution in [3.05, 3.63) is 66.2 Å². The number of anilines is 1. The summed E-state index contributed by atoms with van der Waals surface area (Å²) in [6, 6.07) is 19.1. The maximum absolute atomic E-state index is 13.3. The lowest BCUT2D eigenvalue weighted by molar-refractivity contribution is 0.133. The average Bonchev–Trinajstić information content (AvgIpc) is 2.64. The van der Waals surface area contributed by atoms with Crippen LogP contribution in [0.15, 0.2) is 60.7 Å². The summed E-state index contributed by atoms with van der Waals surface area (Å²) in [6.45, 7) is 0.375. The molecule has 1 N–H and O–H groups in total. The highest BCUT2D eigenvalue weighted by molar-refractivity contribution is 7.93. The van der Waals surface area contributed by atoms with Gasteiger partial charge in [0.15, 0.2) is 0 Å². The van der Waals surface area contributed by atoms with Gasteiger partial charge in [-0.2, -0.15) is 0 Å². The first-order chi connectivity index (χ1) is 12.1. The van der Waals surface area contributed by atoms with Crippen molar-refractivity contribution < 1.29 is 13.5 Å². The molecule has 0 heterocycles. The van der Waals surface area contributed by atoms with Gasteiger partial charge in [0.2, 0.25) is 10.0 Å². The van der Waals surface area contributed by atoms with Crippen LogP contribution in [0.4, 0.5) is 5.69 Å². The number of aliphatic hydroxyl groups is 1. The fourth-order valence-corrected chi connectivity index (χ4v) is 5.55. The fourth-order valence-electron chi connectivity index (χ4n) is 3.46. The van der Waals surface area contributed by atoms with E-state index in [1.807, 2.05) is 60.7 Å². The SMILES string of the molecule is O=S(=O)(C1CCCCC1O)N(CCc1ccccc1)c1ccccc1. The number of rotatable bonds is 6. The first kappa shape index (κ1) is 18.0. The van der Waals surface area contributed by atoms with E-state index >= 15 is 0 Å². The molecule has 25 heavy (non-hydrogen) atoms. The van der Waals surface area contributed by atoms with Gasteiger partial charge in [-0.15, -0.1) is 0 Å². The van der Waals surface area contributed by atoms with E-state index in [0.717, 1.165) is 18.4 Å². The van der Waals surface area contributed by atoms with E-state index in [4.69, 9.17) is 0 Å². The van der Waals surface area contributed by atoms with Crippen LogP contribution in [0, 0.1) is 0 Å². The summed E-state index contributed by atoms with van der Waals surface area (Å²) in [5.41, 5.74) is 1.76. The predicted octanol–water partition coefficient (Wildman–Crippen LogP) is 3.37. The second-order valence-electron chi connectivity index (χ2n) is 6.58. The van der Waals surface area contributed by atoms with Crippen molar-refractivity contribution in [2.24, 2.45) is 0 Å². The van der Waals surface area contributed by atoms with E-state index in [0.29, 0.717) is 31.5 Å². The van der Waals surface area contributed by atoms with Crippen LogP contribution in [-0.2, 0) is 16.4 Å². The highest BCUT2D eigenvalue weighted by Crippen LogP contribution is 2.29. The summed E-state index contributed by atoms with van der Waals surface area (Å²) in [5, 5.41) is 9.57. The van der Waals surface area contributed by atoms with Crippen molar-refractivity contribution in [1.29, 1.82) is 0 Å². The first-order valence-corrected chi connectivity index (χ1v) is 10.4. The highest BCUT2D eigenvalue weighted by Gasteiger charge is 2.38. The van der Waals surface area contributed by atoms with Crippen molar-refractivity contribution in [1.82, 2.24) is 0 Å². The van der Waals surface area contributed by atoms with Gasteiger partial charge in [-0.1, -0.05) is 61.4 Å². The number of nitrogens with zero attached hydrogens (tertiary/aromatic N) is 1. The van der Waals surface area contributed by atoms with Gasteiger partial charge in [0.1, 0.15) is 5.25 Å². The standard InChI is InChI=1S/C20H25NO3S/c22-19-13-7-8-14-20(19)25(23,24)21(18-11-5-2-6-12-18)16-15-17-9-3-1-4-10-17/h1-6,9-12,19-20,22H,7-8,13-16H2. The Labute approximate surface area is 150 Å². The third-order valence-electron chi connectivity index (χ3n) is 4.85. The zero-order chi connectivity index (χ0) is 17.7. The van der Waals surface area contributed by atoms with Crippen LogP contribution >= 0.6 is 0 Å². The molecule has 2 unspecified atom stereocenters. The summed E-state index contributed by atoms with van der Waals surface area (Å²) >= 11 is 0. The van der Waals surface area contributed by atoms with Crippen LogP contribution < -0.4 is 4.31 Å². The molecule has 0 amide bonds. The molecule has 1 aliphatic carbocycles. The molecule has 4 nitrogen and oxygen atoms in total. The van der Waals surface area contributed by atoms with Gasteiger partial charge >= 0.3 is 0 Å². The van der Waals surface area contributed by atoms with Crippen molar-refractivity contribution in [3.8, 4) is 0 Å². The van der Waals surface area contributed by atoms with Crippen LogP contribution in [-0.4, -0.2) is 31.4 Å². The maximum atomic E-state index is 13.3. The van der Waals surface area contributed by atoms with Gasteiger partial charge in [0.05, 0.1) is 11.8 Å². The summed E-state index contributed by atoms with van der Waals surface area (Å²) in [6.07, 6.45) is 2.69. The Morgan fingerprint density at radius 2 is 1.52 bits per heavy atom. The topological polar surface area (TPSA) is 57.6 Å². The van der Waals surface area contributed by atoms with E-state index in [-0.39, 0.29) is 0 Å². The van der Waals surface area contributed by atoms with Gasteiger partial charge in [0.25, 0.3) is 0 Å². The maximum Gasteiger partial charge on any atom is 0.240 e. The molecule has 0 bridgehead atoms. The quantitative estimate of drug-likeness (QED) is 0.860. The van der Waals surface area contributed by atoms with Gasteiger partial charge in [-0.05, 0) is 37.0 Å². The lowest BCUT2D eigenvalue weighted by atomic mass is 9.97. The molecular formula is C20H25NO3S. The van der Waals surface area contributed by atoms with Crippen molar-refractivity contribution in [2.75, 3.05) is 10.8 Å². The van der Waals surface area contributed by atoms with Crippen LogP contribution in [0.5, 0.6) is 0 Å². The molecule has 0 radical (unpaired) electrons. The van der Waals surface area contributed by atoms with Gasteiger partial charge in [0, 0.05) is 6.54 Å². The Hall–Kier alpha value is -1.85. The largest absolute Gasteiger partial charge is 0.392 e. The van der Waals surface area contributed by atoms with Crippen molar-refractivity contribution >= 4 is 15.7 Å². The Kier molecular flexibility index (Phi) is 5.76. The van der Waals surface area contributed by atoms with Crippen LogP contribution in [0.1, 0.15) is 31.2 Å². The molecule has 2 aromatic carbocycles. The summed E-state index contributed by atoms with van der Waals surface area (Å²) in [4.78, 5) is 0. The number of hydrogen-bond donors (Lipinski definition) is 1. The molecule has 1 aliphatic rings. The Bertz CT molecular complexity index is 762. The third-order valence-corrected chi connectivity index (χ3v) is 7.17. The number of benzene rings is 2. The van der Waals surface area contributed by atoms with Gasteiger partial charge < -0.3 is 5.11 Å². The van der Waals surface area contributed by atoms with Gasteiger partial charge in [-0.3, -0.25) is 4.31 Å². The lowest BCUT2D eigenvalue weighted by Crippen LogP contribution is -2.46. The van der Waals surface area contributed by atoms with Crippen molar-refractivity contribution in [3.63, 3.8) is 0 Å². The van der Waals surface area contributed by atoms with E-state index in [2.05, 4.69) is 0 Å². The Balaban J connectivity index is 1.87. The molecule has 0 aromatic heterocycles. The Morgan fingerprint density at radius 1 is 0.920 bits per heavy atom. The molecule has 2 aromatic rings. The smallest absolute Gasteiger partial charge is 0.240 e. The molecule has 0 saturated heterocycles. The zero-order valence-electron chi connectivity index (χ0n) is 14.3. The minimum absolute atomic E-state index is 0.375. The number of aliphatic hydroxyl groups excluding tert-OH is 1. The summed E-state index contributed by atoms with van der Waals surface area (Å²) < 4.78 is 28.1. The molecular weight excluding hydrogens is 334 g/mol. The molecule has 1 saturated carbocycles. The number of sulfonamides is 1. The average molecular weight is 359 g/mol. The lowest BCUT2D eigenvalue weighted by Gasteiger charge is -2.34. The minimum atomic E-state index is -3.61. The molecule has 0 spiro atoms. The van der Waals surface area contributed by atoms with E-state index in [1.54, 1.807) is 0 Å². The molecule has 2 atom stereocenters. The molecule has 134 valence electrons. The van der Waals surface area contributed by atoms with E-state index in [9.17, 15) is 13.5 Å². The monoisotopic (exact) mass is 359 g/mol. The molecule has 0 aliphatic heterocycles. The second kappa shape index (κ2) is 8.02. The normalized spacial score (nSPS) is 21.0.